The normalized spacial score (nSPS) is 12.5. The van der Waals surface area contributed by atoms with Crippen LogP contribution in [0, 0.1) is 0 Å². The van der Waals surface area contributed by atoms with Gasteiger partial charge < -0.3 is 15.5 Å². The molecule has 0 saturated carbocycles. The molecule has 1 aromatic carbocycles. The van der Waals surface area contributed by atoms with E-state index in [0.717, 1.165) is 5.69 Å². The van der Waals surface area contributed by atoms with Crippen molar-refractivity contribution in [3.8, 4) is 0 Å². The van der Waals surface area contributed by atoms with Crippen LogP contribution < -0.4 is 5.32 Å². The summed E-state index contributed by atoms with van der Waals surface area (Å²) in [5.41, 5.74) is 0.761. The van der Waals surface area contributed by atoms with Crippen LogP contribution in [-0.2, 0) is 0 Å². The number of aliphatic hydroxyl groups is 2. The first-order valence-electron chi connectivity index (χ1n) is 4.01. The first-order valence-corrected chi connectivity index (χ1v) is 4.39. The minimum Gasteiger partial charge on any atom is -0.394 e. The Labute approximate surface area is 82.0 Å². The second-order valence-corrected chi connectivity index (χ2v) is 3.10. The van der Waals surface area contributed by atoms with Gasteiger partial charge in [-0.25, -0.2) is 0 Å². The van der Waals surface area contributed by atoms with E-state index in [-0.39, 0.29) is 6.61 Å². The minimum absolute atomic E-state index is 0.253. The van der Waals surface area contributed by atoms with E-state index in [2.05, 4.69) is 5.32 Å². The summed E-state index contributed by atoms with van der Waals surface area (Å²) in [5.74, 6) is 0. The van der Waals surface area contributed by atoms with Crippen molar-refractivity contribution in [2.24, 2.45) is 0 Å². The predicted octanol–water partition coefficient (Wildman–Crippen LogP) is 1.11. The molecule has 0 aliphatic rings. The molecule has 0 unspecified atom stereocenters. The van der Waals surface area contributed by atoms with Gasteiger partial charge in [-0.05, 0) is 12.1 Å². The number of para-hydroxylation sites is 1. The number of hydrogen-bond donors (Lipinski definition) is 3. The number of benzene rings is 1. The van der Waals surface area contributed by atoms with Crippen LogP contribution in [0.15, 0.2) is 24.3 Å². The molecule has 0 spiro atoms. The van der Waals surface area contributed by atoms with Gasteiger partial charge in [0.25, 0.3) is 0 Å². The van der Waals surface area contributed by atoms with E-state index in [1.807, 2.05) is 18.2 Å². The van der Waals surface area contributed by atoms with Crippen molar-refractivity contribution in [3.05, 3.63) is 29.3 Å². The van der Waals surface area contributed by atoms with Gasteiger partial charge in [-0.15, -0.1) is 0 Å². The van der Waals surface area contributed by atoms with Crippen LogP contribution in [0.2, 0.25) is 5.02 Å². The lowest BCUT2D eigenvalue weighted by atomic mass is 10.3. The smallest absolute Gasteiger partial charge is 0.0942 e. The van der Waals surface area contributed by atoms with Gasteiger partial charge in [-0.1, -0.05) is 23.7 Å². The summed E-state index contributed by atoms with van der Waals surface area (Å²) < 4.78 is 0. The molecular weight excluding hydrogens is 190 g/mol. The molecule has 0 heterocycles. The Kier molecular flexibility index (Phi) is 4.02. The summed E-state index contributed by atoms with van der Waals surface area (Å²) >= 11 is 5.84. The standard InChI is InChI=1S/C9H12ClNO2/c10-8-3-1-2-4-9(8)11-5-7(13)6-12/h1-4,7,11-13H,5-6H2/t7-/m0/s1. The van der Waals surface area contributed by atoms with E-state index in [4.69, 9.17) is 21.8 Å². The molecule has 1 aromatic rings. The summed E-state index contributed by atoms with van der Waals surface area (Å²) in [5, 5.41) is 21.1. The Hall–Kier alpha value is -0.770. The molecule has 0 aliphatic heterocycles. The maximum atomic E-state index is 9.05. The van der Waals surface area contributed by atoms with E-state index < -0.39 is 6.10 Å². The van der Waals surface area contributed by atoms with Crippen molar-refractivity contribution in [2.75, 3.05) is 18.5 Å². The van der Waals surface area contributed by atoms with Gasteiger partial charge in [0.05, 0.1) is 23.4 Å². The zero-order chi connectivity index (χ0) is 9.68. The lowest BCUT2D eigenvalue weighted by Gasteiger charge is -2.10. The monoisotopic (exact) mass is 201 g/mol. The largest absolute Gasteiger partial charge is 0.394 e. The third kappa shape index (κ3) is 3.22. The van der Waals surface area contributed by atoms with Gasteiger partial charge >= 0.3 is 0 Å². The molecule has 13 heavy (non-hydrogen) atoms. The fourth-order valence-corrected chi connectivity index (χ4v) is 1.10. The second-order valence-electron chi connectivity index (χ2n) is 2.70. The van der Waals surface area contributed by atoms with Gasteiger partial charge in [0.15, 0.2) is 0 Å². The number of nitrogens with one attached hydrogen (secondary N) is 1. The van der Waals surface area contributed by atoms with Crippen LogP contribution in [0.3, 0.4) is 0 Å². The van der Waals surface area contributed by atoms with Crippen LogP contribution in [0.4, 0.5) is 5.69 Å². The zero-order valence-corrected chi connectivity index (χ0v) is 7.83. The van der Waals surface area contributed by atoms with Gasteiger partial charge in [0.1, 0.15) is 0 Å². The number of hydrogen-bond acceptors (Lipinski definition) is 3. The molecule has 1 atom stereocenters. The van der Waals surface area contributed by atoms with E-state index in [1.165, 1.54) is 0 Å². The number of anilines is 1. The van der Waals surface area contributed by atoms with Gasteiger partial charge in [0.2, 0.25) is 0 Å². The molecule has 0 bridgehead atoms. The molecule has 0 aromatic heterocycles. The quantitative estimate of drug-likeness (QED) is 0.684. The zero-order valence-electron chi connectivity index (χ0n) is 7.07. The fourth-order valence-electron chi connectivity index (χ4n) is 0.897. The van der Waals surface area contributed by atoms with Crippen LogP contribution >= 0.6 is 11.6 Å². The maximum absolute atomic E-state index is 9.05. The Morgan fingerprint density at radius 3 is 2.69 bits per heavy atom. The topological polar surface area (TPSA) is 52.5 Å². The molecule has 1 rings (SSSR count). The molecule has 72 valence electrons. The van der Waals surface area contributed by atoms with Crippen LogP contribution in [-0.4, -0.2) is 29.5 Å². The van der Waals surface area contributed by atoms with Crippen LogP contribution in [0.25, 0.3) is 0 Å². The van der Waals surface area contributed by atoms with Gasteiger partial charge in [-0.3, -0.25) is 0 Å². The molecule has 0 radical (unpaired) electrons. The average Bonchev–Trinajstić information content (AvgIpc) is 2.16. The molecule has 3 N–H and O–H groups in total. The van der Waals surface area contributed by atoms with Crippen molar-refractivity contribution in [3.63, 3.8) is 0 Å². The van der Waals surface area contributed by atoms with E-state index in [0.29, 0.717) is 11.6 Å². The average molecular weight is 202 g/mol. The minimum atomic E-state index is -0.753. The molecule has 0 amide bonds. The molecule has 4 heteroatoms. The van der Waals surface area contributed by atoms with Crippen molar-refractivity contribution in [1.29, 1.82) is 0 Å². The maximum Gasteiger partial charge on any atom is 0.0942 e. The van der Waals surface area contributed by atoms with Crippen molar-refractivity contribution >= 4 is 17.3 Å². The lowest BCUT2D eigenvalue weighted by molar-refractivity contribution is 0.105. The fraction of sp³-hybridized carbons (Fsp3) is 0.333. The van der Waals surface area contributed by atoms with E-state index in [1.54, 1.807) is 6.07 Å². The Balaban J connectivity index is 2.50. The van der Waals surface area contributed by atoms with Crippen molar-refractivity contribution < 1.29 is 10.2 Å². The highest BCUT2D eigenvalue weighted by molar-refractivity contribution is 6.33. The molecule has 0 saturated heterocycles. The van der Waals surface area contributed by atoms with Crippen molar-refractivity contribution in [2.45, 2.75) is 6.10 Å². The van der Waals surface area contributed by atoms with Crippen molar-refractivity contribution in [1.82, 2.24) is 0 Å². The summed E-state index contributed by atoms with van der Waals surface area (Å²) in [6.07, 6.45) is -0.753. The molecule has 0 fully saturated rings. The predicted molar refractivity (Wildman–Crippen MR) is 53.0 cm³/mol. The number of halogens is 1. The van der Waals surface area contributed by atoms with Gasteiger partial charge in [-0.2, -0.15) is 0 Å². The second kappa shape index (κ2) is 5.07. The summed E-state index contributed by atoms with van der Waals surface area (Å²) in [6, 6.07) is 7.25. The Morgan fingerprint density at radius 2 is 2.08 bits per heavy atom. The number of rotatable bonds is 4. The van der Waals surface area contributed by atoms with E-state index >= 15 is 0 Å². The summed E-state index contributed by atoms with van der Waals surface area (Å²) in [4.78, 5) is 0. The lowest BCUT2D eigenvalue weighted by Crippen LogP contribution is -2.22. The van der Waals surface area contributed by atoms with E-state index in [9.17, 15) is 0 Å². The highest BCUT2D eigenvalue weighted by atomic mass is 35.5. The van der Waals surface area contributed by atoms with Gasteiger partial charge in [0, 0.05) is 6.54 Å². The highest BCUT2D eigenvalue weighted by Gasteiger charge is 2.02. The Bertz CT molecular complexity index is 268. The number of aliphatic hydroxyl groups excluding tert-OH is 2. The third-order valence-corrected chi connectivity index (χ3v) is 1.94. The third-order valence-electron chi connectivity index (χ3n) is 1.61. The van der Waals surface area contributed by atoms with Crippen LogP contribution in [0.5, 0.6) is 0 Å². The Morgan fingerprint density at radius 1 is 1.38 bits per heavy atom. The summed E-state index contributed by atoms with van der Waals surface area (Å²) in [7, 11) is 0. The molecule has 0 aliphatic carbocycles. The first kappa shape index (κ1) is 10.3. The summed E-state index contributed by atoms with van der Waals surface area (Å²) in [6.45, 7) is 0.0394. The SMILES string of the molecule is OC[C@@H](O)CNc1ccccc1Cl. The molecule has 3 nitrogen and oxygen atoms in total. The van der Waals surface area contributed by atoms with Crippen LogP contribution in [0.1, 0.15) is 0 Å². The first-order chi connectivity index (χ1) is 6.24. The highest BCUT2D eigenvalue weighted by Crippen LogP contribution is 2.19. The molecular formula is C9H12ClNO2.